The molecule has 6 heteroatoms. The molecule has 0 saturated carbocycles. The highest BCUT2D eigenvalue weighted by Crippen LogP contribution is 2.21. The lowest BCUT2D eigenvalue weighted by Crippen LogP contribution is -2.56. The number of nitrogens with zero attached hydrogens (tertiary/aromatic N) is 2. The number of rotatable bonds is 3. The first-order valence-electron chi connectivity index (χ1n) is 7.56. The number of halogens is 2. The van der Waals surface area contributed by atoms with Gasteiger partial charge in [-0.15, -0.1) is 24.8 Å². The second-order valence-corrected chi connectivity index (χ2v) is 5.91. The van der Waals surface area contributed by atoms with Crippen molar-refractivity contribution in [3.63, 3.8) is 0 Å². The number of benzene rings is 1. The van der Waals surface area contributed by atoms with Crippen molar-refractivity contribution in [1.29, 1.82) is 0 Å². The van der Waals surface area contributed by atoms with Crippen LogP contribution in [0.2, 0.25) is 0 Å². The fourth-order valence-corrected chi connectivity index (χ4v) is 3.38. The molecule has 1 aromatic rings. The number of hydrogen-bond acceptors (Lipinski definition) is 3. The Morgan fingerprint density at radius 3 is 2.64 bits per heavy atom. The van der Waals surface area contributed by atoms with Gasteiger partial charge in [0.1, 0.15) is 0 Å². The summed E-state index contributed by atoms with van der Waals surface area (Å²) in [7, 11) is 0. The van der Waals surface area contributed by atoms with Gasteiger partial charge >= 0.3 is 0 Å². The summed E-state index contributed by atoms with van der Waals surface area (Å²) in [6, 6.07) is 10.2. The lowest BCUT2D eigenvalue weighted by atomic mass is 10.0. The molecule has 1 unspecified atom stereocenters. The number of carbonyl (C=O) groups excluding carboxylic acids is 1. The van der Waals surface area contributed by atoms with E-state index in [1.165, 1.54) is 19.4 Å². The summed E-state index contributed by atoms with van der Waals surface area (Å²) in [6.45, 7) is 3.90. The Morgan fingerprint density at radius 2 is 1.91 bits per heavy atom. The van der Waals surface area contributed by atoms with Crippen LogP contribution in [0.25, 0.3) is 0 Å². The molecule has 22 heavy (non-hydrogen) atoms. The maximum Gasteiger partial charge on any atom is 0.239 e. The number of piperazine rings is 1. The number of amides is 1. The van der Waals surface area contributed by atoms with Crippen LogP contribution in [0.1, 0.15) is 18.4 Å². The van der Waals surface area contributed by atoms with Crippen LogP contribution < -0.4 is 5.73 Å². The SMILES string of the molecule is Cl.Cl.N[C@@H](Cc1ccccc1)C(=O)N1CCN2CCCC2C1. The van der Waals surface area contributed by atoms with E-state index in [9.17, 15) is 4.79 Å². The molecule has 0 aromatic heterocycles. The Balaban J connectivity index is 0.00000121. The van der Waals surface area contributed by atoms with E-state index in [4.69, 9.17) is 5.73 Å². The minimum absolute atomic E-state index is 0. The average molecular weight is 346 g/mol. The van der Waals surface area contributed by atoms with Gasteiger partial charge in [0.2, 0.25) is 5.91 Å². The standard InChI is InChI=1S/C16H23N3O.2ClH/c17-15(11-13-5-2-1-3-6-13)16(20)19-10-9-18-8-4-7-14(18)12-19;;/h1-3,5-6,14-15H,4,7-12,17H2;2*1H/t14?,15-;;/m0../s1. The highest BCUT2D eigenvalue weighted by Gasteiger charge is 2.33. The van der Waals surface area contributed by atoms with Crippen molar-refractivity contribution >= 4 is 30.7 Å². The van der Waals surface area contributed by atoms with E-state index >= 15 is 0 Å². The number of nitrogens with two attached hydrogens (primary N) is 1. The molecule has 1 aromatic carbocycles. The summed E-state index contributed by atoms with van der Waals surface area (Å²) < 4.78 is 0. The van der Waals surface area contributed by atoms with Crippen molar-refractivity contribution in [2.45, 2.75) is 31.3 Å². The van der Waals surface area contributed by atoms with Crippen LogP contribution in [-0.2, 0) is 11.2 Å². The third-order valence-corrected chi connectivity index (χ3v) is 4.51. The first-order valence-corrected chi connectivity index (χ1v) is 7.56. The second-order valence-electron chi connectivity index (χ2n) is 5.91. The van der Waals surface area contributed by atoms with E-state index in [-0.39, 0.29) is 30.7 Å². The molecular formula is C16H25Cl2N3O. The Labute approximate surface area is 144 Å². The zero-order chi connectivity index (χ0) is 13.9. The smallest absolute Gasteiger partial charge is 0.239 e. The Hall–Kier alpha value is -0.810. The average Bonchev–Trinajstić information content (AvgIpc) is 2.94. The van der Waals surface area contributed by atoms with Crippen LogP contribution >= 0.6 is 24.8 Å². The van der Waals surface area contributed by atoms with Crippen molar-refractivity contribution in [3.05, 3.63) is 35.9 Å². The lowest BCUT2D eigenvalue weighted by Gasteiger charge is -2.38. The molecule has 2 aliphatic heterocycles. The molecule has 2 atom stereocenters. The molecule has 0 bridgehead atoms. The first kappa shape index (κ1) is 19.2. The van der Waals surface area contributed by atoms with E-state index in [1.54, 1.807) is 0 Å². The molecule has 0 aliphatic carbocycles. The summed E-state index contributed by atoms with van der Waals surface area (Å²) in [5, 5.41) is 0. The zero-order valence-electron chi connectivity index (χ0n) is 12.7. The highest BCUT2D eigenvalue weighted by molar-refractivity contribution is 5.85. The zero-order valence-corrected chi connectivity index (χ0v) is 14.3. The number of hydrogen-bond donors (Lipinski definition) is 1. The predicted molar refractivity (Wildman–Crippen MR) is 93.8 cm³/mol. The predicted octanol–water partition coefficient (Wildman–Crippen LogP) is 1.71. The molecule has 2 heterocycles. The van der Waals surface area contributed by atoms with Gasteiger partial charge in [-0.05, 0) is 31.4 Å². The third-order valence-electron chi connectivity index (χ3n) is 4.51. The molecule has 124 valence electrons. The van der Waals surface area contributed by atoms with Gasteiger partial charge in [0.15, 0.2) is 0 Å². The fraction of sp³-hybridized carbons (Fsp3) is 0.562. The van der Waals surface area contributed by atoms with Gasteiger partial charge < -0.3 is 10.6 Å². The summed E-state index contributed by atoms with van der Waals surface area (Å²) >= 11 is 0. The minimum Gasteiger partial charge on any atom is -0.338 e. The Kier molecular flexibility index (Phi) is 7.63. The summed E-state index contributed by atoms with van der Waals surface area (Å²) in [5.41, 5.74) is 7.24. The van der Waals surface area contributed by atoms with E-state index < -0.39 is 6.04 Å². The van der Waals surface area contributed by atoms with E-state index in [0.717, 1.165) is 25.2 Å². The van der Waals surface area contributed by atoms with Gasteiger partial charge in [-0.3, -0.25) is 9.69 Å². The largest absolute Gasteiger partial charge is 0.338 e. The van der Waals surface area contributed by atoms with E-state index in [1.807, 2.05) is 35.2 Å². The molecule has 2 aliphatic rings. The van der Waals surface area contributed by atoms with Crippen molar-refractivity contribution in [2.75, 3.05) is 26.2 Å². The number of fused-ring (bicyclic) bond motifs is 1. The van der Waals surface area contributed by atoms with Crippen molar-refractivity contribution in [1.82, 2.24) is 9.80 Å². The Morgan fingerprint density at radius 1 is 1.18 bits per heavy atom. The monoisotopic (exact) mass is 345 g/mol. The van der Waals surface area contributed by atoms with Crippen molar-refractivity contribution in [2.24, 2.45) is 5.73 Å². The molecule has 0 radical (unpaired) electrons. The fourth-order valence-electron chi connectivity index (χ4n) is 3.38. The molecule has 2 fully saturated rings. The third kappa shape index (κ3) is 4.35. The normalized spacial score (nSPS) is 22.2. The molecule has 0 spiro atoms. The van der Waals surface area contributed by atoms with Crippen LogP contribution in [0, 0.1) is 0 Å². The van der Waals surface area contributed by atoms with E-state index in [0.29, 0.717) is 12.5 Å². The second kappa shape index (κ2) is 8.73. The minimum atomic E-state index is -0.412. The molecule has 2 N–H and O–H groups in total. The van der Waals surface area contributed by atoms with Gasteiger partial charge in [0.25, 0.3) is 0 Å². The van der Waals surface area contributed by atoms with Crippen LogP contribution in [0.3, 0.4) is 0 Å². The molecule has 2 saturated heterocycles. The molecule has 1 amide bonds. The molecule has 3 rings (SSSR count). The summed E-state index contributed by atoms with van der Waals surface area (Å²) in [4.78, 5) is 17.0. The lowest BCUT2D eigenvalue weighted by molar-refractivity contribution is -0.135. The van der Waals surface area contributed by atoms with Gasteiger partial charge in [-0.1, -0.05) is 30.3 Å². The van der Waals surface area contributed by atoms with Crippen molar-refractivity contribution in [3.8, 4) is 0 Å². The van der Waals surface area contributed by atoms with E-state index in [2.05, 4.69) is 4.90 Å². The summed E-state index contributed by atoms with van der Waals surface area (Å²) in [6.07, 6.45) is 3.12. The van der Waals surface area contributed by atoms with Crippen LogP contribution in [0.4, 0.5) is 0 Å². The van der Waals surface area contributed by atoms with Gasteiger partial charge in [0.05, 0.1) is 6.04 Å². The highest BCUT2D eigenvalue weighted by atomic mass is 35.5. The molecular weight excluding hydrogens is 321 g/mol. The maximum atomic E-state index is 12.5. The summed E-state index contributed by atoms with van der Waals surface area (Å²) in [5.74, 6) is 0.111. The quantitative estimate of drug-likeness (QED) is 0.907. The first-order chi connectivity index (χ1) is 9.74. The van der Waals surface area contributed by atoms with Crippen LogP contribution in [-0.4, -0.2) is 54.0 Å². The number of carbonyl (C=O) groups is 1. The van der Waals surface area contributed by atoms with Gasteiger partial charge in [0, 0.05) is 25.7 Å². The Bertz CT molecular complexity index is 472. The van der Waals surface area contributed by atoms with Crippen LogP contribution in [0.5, 0.6) is 0 Å². The van der Waals surface area contributed by atoms with Crippen LogP contribution in [0.15, 0.2) is 30.3 Å². The van der Waals surface area contributed by atoms with Gasteiger partial charge in [-0.2, -0.15) is 0 Å². The van der Waals surface area contributed by atoms with Crippen molar-refractivity contribution < 1.29 is 4.79 Å². The maximum absolute atomic E-state index is 12.5. The topological polar surface area (TPSA) is 49.6 Å². The van der Waals surface area contributed by atoms with Gasteiger partial charge in [-0.25, -0.2) is 0 Å². The molecule has 4 nitrogen and oxygen atoms in total.